The molecule has 4 nitrogen and oxygen atoms in total. The molecule has 1 amide bonds. The Hall–Kier alpha value is -2.46. The van der Waals surface area contributed by atoms with Crippen LogP contribution in [0.1, 0.15) is 30.6 Å². The number of para-hydroxylation sites is 1. The van der Waals surface area contributed by atoms with Crippen molar-refractivity contribution in [1.29, 1.82) is 0 Å². The minimum atomic E-state index is 0.0419. The van der Waals surface area contributed by atoms with Gasteiger partial charge in [-0.25, -0.2) is 4.98 Å². The molecule has 1 aromatic carbocycles. The Bertz CT molecular complexity index is 980. The van der Waals surface area contributed by atoms with E-state index in [1.54, 1.807) is 12.3 Å². The lowest BCUT2D eigenvalue weighted by molar-refractivity contribution is 0.0625. The van der Waals surface area contributed by atoms with E-state index in [0.29, 0.717) is 33.6 Å². The number of hydrogen-bond donors (Lipinski definition) is 0. The van der Waals surface area contributed by atoms with Crippen LogP contribution in [-0.4, -0.2) is 33.9 Å². The van der Waals surface area contributed by atoms with Crippen LogP contribution in [0.5, 0.6) is 0 Å². The van der Waals surface area contributed by atoms with Crippen molar-refractivity contribution in [3.05, 3.63) is 59.2 Å². The number of nitrogens with zero attached hydrogens (tertiary/aromatic N) is 3. The SMILES string of the molecule is CC1CC(C)CN(C(=O)c2cc(-c3ccccn3)nc3c(Cl)cccc23)C1. The number of benzene rings is 1. The van der Waals surface area contributed by atoms with Crippen LogP contribution in [0.3, 0.4) is 0 Å². The van der Waals surface area contributed by atoms with Crippen LogP contribution < -0.4 is 0 Å². The summed E-state index contributed by atoms with van der Waals surface area (Å²) in [6.07, 6.45) is 2.88. The molecule has 1 aliphatic rings. The van der Waals surface area contributed by atoms with Gasteiger partial charge in [0.25, 0.3) is 5.91 Å². The maximum absolute atomic E-state index is 13.4. The molecule has 1 saturated heterocycles. The maximum Gasteiger partial charge on any atom is 0.254 e. The average Bonchev–Trinajstić information content (AvgIpc) is 2.67. The number of halogens is 1. The molecule has 0 radical (unpaired) electrons. The van der Waals surface area contributed by atoms with Crippen LogP contribution in [0.4, 0.5) is 0 Å². The summed E-state index contributed by atoms with van der Waals surface area (Å²) in [5, 5.41) is 1.33. The first-order valence-electron chi connectivity index (χ1n) is 9.33. The molecule has 5 heteroatoms. The molecule has 2 aromatic heterocycles. The van der Waals surface area contributed by atoms with E-state index in [1.807, 2.05) is 41.3 Å². The van der Waals surface area contributed by atoms with Gasteiger partial charge in [0.15, 0.2) is 0 Å². The Balaban J connectivity index is 1.86. The number of pyridine rings is 2. The number of aromatic nitrogens is 2. The highest BCUT2D eigenvalue weighted by molar-refractivity contribution is 6.35. The third-order valence-electron chi connectivity index (χ3n) is 5.10. The molecule has 0 aliphatic carbocycles. The number of rotatable bonds is 2. The Labute approximate surface area is 164 Å². The van der Waals surface area contributed by atoms with E-state index in [9.17, 15) is 4.79 Å². The van der Waals surface area contributed by atoms with Gasteiger partial charge in [-0.3, -0.25) is 9.78 Å². The van der Waals surface area contributed by atoms with E-state index in [2.05, 4.69) is 18.8 Å². The third-order valence-corrected chi connectivity index (χ3v) is 5.41. The molecule has 2 unspecified atom stereocenters. The number of piperidine rings is 1. The summed E-state index contributed by atoms with van der Waals surface area (Å²) in [6.45, 7) is 5.98. The molecule has 3 heterocycles. The molecule has 2 atom stereocenters. The van der Waals surface area contributed by atoms with Gasteiger partial charge in [0.1, 0.15) is 0 Å². The zero-order valence-corrected chi connectivity index (χ0v) is 16.3. The molecule has 0 N–H and O–H groups in total. The maximum atomic E-state index is 13.4. The van der Waals surface area contributed by atoms with Gasteiger partial charge in [-0.15, -0.1) is 0 Å². The van der Waals surface area contributed by atoms with Crippen LogP contribution in [0, 0.1) is 11.8 Å². The van der Waals surface area contributed by atoms with Crippen molar-refractivity contribution in [2.24, 2.45) is 11.8 Å². The van der Waals surface area contributed by atoms with Gasteiger partial charge >= 0.3 is 0 Å². The molecule has 0 saturated carbocycles. The van der Waals surface area contributed by atoms with Gasteiger partial charge in [-0.2, -0.15) is 0 Å². The second kappa shape index (κ2) is 7.28. The monoisotopic (exact) mass is 379 g/mol. The molecule has 1 fully saturated rings. The lowest BCUT2D eigenvalue weighted by Gasteiger charge is -2.35. The van der Waals surface area contributed by atoms with Crippen LogP contribution in [0.2, 0.25) is 5.02 Å². The highest BCUT2D eigenvalue weighted by Crippen LogP contribution is 2.30. The molecule has 0 spiro atoms. The van der Waals surface area contributed by atoms with Gasteiger partial charge in [-0.05, 0) is 42.5 Å². The fourth-order valence-corrected chi connectivity index (χ4v) is 4.25. The normalized spacial score (nSPS) is 20.0. The first-order chi connectivity index (χ1) is 13.0. The van der Waals surface area contributed by atoms with E-state index < -0.39 is 0 Å². The molecule has 27 heavy (non-hydrogen) atoms. The fraction of sp³-hybridized carbons (Fsp3) is 0.318. The Kier molecular flexibility index (Phi) is 4.83. The van der Waals surface area contributed by atoms with Gasteiger partial charge in [0.05, 0.1) is 27.5 Å². The molecule has 1 aliphatic heterocycles. The van der Waals surface area contributed by atoms with Gasteiger partial charge in [-0.1, -0.05) is 43.6 Å². The van der Waals surface area contributed by atoms with Gasteiger partial charge < -0.3 is 4.90 Å². The summed E-state index contributed by atoms with van der Waals surface area (Å²) in [4.78, 5) is 24.5. The van der Waals surface area contributed by atoms with E-state index in [0.717, 1.165) is 30.6 Å². The summed E-state index contributed by atoms with van der Waals surface area (Å²) in [6, 6.07) is 13.1. The van der Waals surface area contributed by atoms with Gasteiger partial charge in [0, 0.05) is 24.7 Å². The summed E-state index contributed by atoms with van der Waals surface area (Å²) in [5.41, 5.74) is 2.68. The largest absolute Gasteiger partial charge is 0.338 e. The van der Waals surface area contributed by atoms with Crippen molar-refractivity contribution in [1.82, 2.24) is 14.9 Å². The van der Waals surface area contributed by atoms with Crippen molar-refractivity contribution in [3.8, 4) is 11.4 Å². The number of carbonyl (C=O) groups is 1. The van der Waals surface area contributed by atoms with Crippen molar-refractivity contribution in [2.45, 2.75) is 20.3 Å². The zero-order chi connectivity index (χ0) is 19.0. The van der Waals surface area contributed by atoms with Crippen molar-refractivity contribution < 1.29 is 4.79 Å². The van der Waals surface area contributed by atoms with Crippen molar-refractivity contribution in [2.75, 3.05) is 13.1 Å². The summed E-state index contributed by atoms with van der Waals surface area (Å²) < 4.78 is 0. The van der Waals surface area contributed by atoms with E-state index >= 15 is 0 Å². The van der Waals surface area contributed by atoms with Crippen molar-refractivity contribution in [3.63, 3.8) is 0 Å². The lowest BCUT2D eigenvalue weighted by atomic mass is 9.91. The quantitative estimate of drug-likeness (QED) is 0.624. The first-order valence-corrected chi connectivity index (χ1v) is 9.70. The Morgan fingerprint density at radius 1 is 1.07 bits per heavy atom. The summed E-state index contributed by atoms with van der Waals surface area (Å²) in [5.74, 6) is 1.05. The summed E-state index contributed by atoms with van der Waals surface area (Å²) >= 11 is 6.42. The smallest absolute Gasteiger partial charge is 0.254 e. The molecular weight excluding hydrogens is 358 g/mol. The lowest BCUT2D eigenvalue weighted by Crippen LogP contribution is -2.42. The second-order valence-electron chi connectivity index (χ2n) is 7.56. The molecule has 4 rings (SSSR count). The number of fused-ring (bicyclic) bond motifs is 1. The van der Waals surface area contributed by atoms with E-state index in [4.69, 9.17) is 16.6 Å². The Morgan fingerprint density at radius 2 is 1.85 bits per heavy atom. The second-order valence-corrected chi connectivity index (χ2v) is 7.97. The average molecular weight is 380 g/mol. The van der Waals surface area contributed by atoms with Crippen LogP contribution in [0.15, 0.2) is 48.7 Å². The van der Waals surface area contributed by atoms with Crippen LogP contribution in [0.25, 0.3) is 22.3 Å². The highest BCUT2D eigenvalue weighted by Gasteiger charge is 2.28. The van der Waals surface area contributed by atoms with Crippen LogP contribution >= 0.6 is 11.6 Å². The minimum absolute atomic E-state index is 0.0419. The standard InChI is InChI=1S/C22H22ClN3O/c1-14-10-15(2)13-26(12-14)22(27)17-11-20(19-8-3-4-9-24-19)25-21-16(17)6-5-7-18(21)23/h3-9,11,14-15H,10,12-13H2,1-2H3. The predicted molar refractivity (Wildman–Crippen MR) is 109 cm³/mol. The van der Waals surface area contributed by atoms with Gasteiger partial charge in [0.2, 0.25) is 0 Å². The molecule has 0 bridgehead atoms. The first kappa shape index (κ1) is 17.9. The minimum Gasteiger partial charge on any atom is -0.338 e. The summed E-state index contributed by atoms with van der Waals surface area (Å²) in [7, 11) is 0. The highest BCUT2D eigenvalue weighted by atomic mass is 35.5. The zero-order valence-electron chi connectivity index (χ0n) is 15.5. The number of amides is 1. The molecular formula is C22H22ClN3O. The molecule has 3 aromatic rings. The fourth-order valence-electron chi connectivity index (χ4n) is 4.04. The van der Waals surface area contributed by atoms with E-state index in [1.165, 1.54) is 0 Å². The number of carbonyl (C=O) groups excluding carboxylic acids is 1. The third kappa shape index (κ3) is 3.54. The van der Waals surface area contributed by atoms with Crippen molar-refractivity contribution >= 4 is 28.4 Å². The Morgan fingerprint density at radius 3 is 2.56 bits per heavy atom. The van der Waals surface area contributed by atoms with E-state index in [-0.39, 0.29) is 5.91 Å². The number of hydrogen-bond acceptors (Lipinski definition) is 3. The predicted octanol–water partition coefficient (Wildman–Crippen LogP) is 5.07. The number of likely N-dealkylation sites (tertiary alicyclic amines) is 1. The molecule has 138 valence electrons. The topological polar surface area (TPSA) is 46.1 Å². The van der Waals surface area contributed by atoms with Crippen LogP contribution in [-0.2, 0) is 0 Å².